The number of methoxy groups -OCH3 is 2. The van der Waals surface area contributed by atoms with Crippen molar-refractivity contribution in [1.29, 1.82) is 0 Å². The average molecular weight is 265 g/mol. The van der Waals surface area contributed by atoms with Crippen molar-refractivity contribution < 1.29 is 19.1 Å². The van der Waals surface area contributed by atoms with Gasteiger partial charge in [-0.3, -0.25) is 9.59 Å². The molecule has 1 amide bonds. The molecule has 0 radical (unpaired) electrons. The minimum atomic E-state index is -1.22. The Bertz CT molecular complexity index is 465. The summed E-state index contributed by atoms with van der Waals surface area (Å²) in [5, 5.41) is 0. The summed E-state index contributed by atoms with van der Waals surface area (Å²) in [6, 6.07) is 7.02. The van der Waals surface area contributed by atoms with Gasteiger partial charge in [0.15, 0.2) is 0 Å². The Kier molecular flexibility index (Phi) is 4.53. The second kappa shape index (κ2) is 5.73. The van der Waals surface area contributed by atoms with Crippen molar-refractivity contribution in [2.75, 3.05) is 26.2 Å². The van der Waals surface area contributed by atoms with E-state index < -0.39 is 11.4 Å². The maximum Gasteiger partial charge on any atom is 0.320 e. The van der Waals surface area contributed by atoms with E-state index in [1.165, 1.54) is 12.0 Å². The molecule has 19 heavy (non-hydrogen) atoms. The largest absolute Gasteiger partial charge is 0.497 e. The van der Waals surface area contributed by atoms with Crippen LogP contribution in [0.15, 0.2) is 24.3 Å². The van der Waals surface area contributed by atoms with Crippen LogP contribution in [0, 0.1) is 5.41 Å². The number of carbonyl (C=O) groups is 2. The van der Waals surface area contributed by atoms with Gasteiger partial charge in [-0.15, -0.1) is 0 Å². The van der Waals surface area contributed by atoms with E-state index in [0.717, 1.165) is 0 Å². The van der Waals surface area contributed by atoms with E-state index in [2.05, 4.69) is 4.74 Å². The van der Waals surface area contributed by atoms with Gasteiger partial charge >= 0.3 is 5.97 Å². The topological polar surface area (TPSA) is 55.8 Å². The smallest absolute Gasteiger partial charge is 0.320 e. The molecule has 1 aromatic rings. The number of nitrogens with zero attached hydrogens (tertiary/aromatic N) is 1. The molecule has 0 aliphatic rings. The van der Waals surface area contributed by atoms with E-state index in [9.17, 15) is 9.59 Å². The second-order valence-corrected chi connectivity index (χ2v) is 4.68. The Morgan fingerprint density at radius 3 is 2.05 bits per heavy atom. The van der Waals surface area contributed by atoms with Crippen molar-refractivity contribution in [3.63, 3.8) is 0 Å². The van der Waals surface area contributed by atoms with Crippen molar-refractivity contribution in [1.82, 2.24) is 0 Å². The van der Waals surface area contributed by atoms with Gasteiger partial charge in [-0.25, -0.2) is 0 Å². The van der Waals surface area contributed by atoms with Crippen LogP contribution in [0.25, 0.3) is 0 Å². The van der Waals surface area contributed by atoms with E-state index >= 15 is 0 Å². The van der Waals surface area contributed by atoms with Crippen LogP contribution in [0.4, 0.5) is 5.69 Å². The fourth-order valence-electron chi connectivity index (χ4n) is 1.68. The van der Waals surface area contributed by atoms with Crippen LogP contribution in [-0.4, -0.2) is 33.1 Å². The normalized spacial score (nSPS) is 10.8. The van der Waals surface area contributed by atoms with Crippen LogP contribution in [-0.2, 0) is 14.3 Å². The van der Waals surface area contributed by atoms with Gasteiger partial charge < -0.3 is 14.4 Å². The lowest BCUT2D eigenvalue weighted by Crippen LogP contribution is -2.44. The average Bonchev–Trinajstić information content (AvgIpc) is 2.44. The summed E-state index contributed by atoms with van der Waals surface area (Å²) in [5.74, 6) is -0.181. The summed E-state index contributed by atoms with van der Waals surface area (Å²) in [6.07, 6.45) is 0. The van der Waals surface area contributed by atoms with Gasteiger partial charge in [0.25, 0.3) is 0 Å². The standard InChI is InChI=1S/C14H19NO4/c1-14(2,13(17)19-5)12(16)15(3)10-6-8-11(18-4)9-7-10/h6-9H,1-5H3. The number of benzene rings is 1. The van der Waals surface area contributed by atoms with Gasteiger partial charge in [-0.2, -0.15) is 0 Å². The first-order valence-corrected chi connectivity index (χ1v) is 5.85. The Labute approximate surface area is 113 Å². The van der Waals surface area contributed by atoms with E-state index in [-0.39, 0.29) is 5.91 Å². The number of anilines is 1. The maximum absolute atomic E-state index is 12.3. The van der Waals surface area contributed by atoms with Crippen LogP contribution in [0.1, 0.15) is 13.8 Å². The fourth-order valence-corrected chi connectivity index (χ4v) is 1.68. The number of amides is 1. The van der Waals surface area contributed by atoms with E-state index in [1.54, 1.807) is 52.3 Å². The predicted octanol–water partition coefficient (Wildman–Crippen LogP) is 1.86. The molecule has 1 rings (SSSR count). The van der Waals surface area contributed by atoms with Gasteiger partial charge in [0.05, 0.1) is 14.2 Å². The highest BCUT2D eigenvalue weighted by atomic mass is 16.5. The number of hydrogen-bond donors (Lipinski definition) is 0. The lowest BCUT2D eigenvalue weighted by molar-refractivity contribution is -0.155. The first kappa shape index (κ1) is 15.0. The lowest BCUT2D eigenvalue weighted by Gasteiger charge is -2.27. The van der Waals surface area contributed by atoms with Crippen molar-refractivity contribution >= 4 is 17.6 Å². The molecular formula is C14H19NO4. The first-order chi connectivity index (χ1) is 8.84. The fraction of sp³-hybridized carbons (Fsp3) is 0.429. The minimum absolute atomic E-state index is 0.329. The number of esters is 1. The number of rotatable bonds is 4. The number of hydrogen-bond acceptors (Lipinski definition) is 4. The number of ether oxygens (including phenoxy) is 2. The maximum atomic E-state index is 12.3. The summed E-state index contributed by atoms with van der Waals surface area (Å²) in [7, 11) is 4.46. The molecule has 0 spiro atoms. The summed E-state index contributed by atoms with van der Waals surface area (Å²) in [5.41, 5.74) is -0.536. The first-order valence-electron chi connectivity index (χ1n) is 5.85. The molecule has 1 aromatic carbocycles. The van der Waals surface area contributed by atoms with Crippen LogP contribution >= 0.6 is 0 Å². The third kappa shape index (κ3) is 3.05. The summed E-state index contributed by atoms with van der Waals surface area (Å²) < 4.78 is 9.71. The molecule has 0 atom stereocenters. The molecule has 0 saturated heterocycles. The highest BCUT2D eigenvalue weighted by Gasteiger charge is 2.39. The minimum Gasteiger partial charge on any atom is -0.497 e. The predicted molar refractivity (Wildman–Crippen MR) is 72.2 cm³/mol. The van der Waals surface area contributed by atoms with Crippen LogP contribution in [0.3, 0.4) is 0 Å². The molecule has 0 fully saturated rings. The molecule has 0 unspecified atom stereocenters. The molecule has 104 valence electrons. The van der Waals surface area contributed by atoms with Crippen LogP contribution < -0.4 is 9.64 Å². The third-order valence-corrected chi connectivity index (χ3v) is 2.99. The van der Waals surface area contributed by atoms with Gasteiger partial charge in [-0.1, -0.05) is 0 Å². The van der Waals surface area contributed by atoms with Gasteiger partial charge in [-0.05, 0) is 38.1 Å². The van der Waals surface area contributed by atoms with Gasteiger partial charge in [0.1, 0.15) is 11.2 Å². The van der Waals surface area contributed by atoms with E-state index in [4.69, 9.17) is 4.74 Å². The van der Waals surface area contributed by atoms with Crippen molar-refractivity contribution in [2.24, 2.45) is 5.41 Å². The molecule has 0 bridgehead atoms. The van der Waals surface area contributed by atoms with Gasteiger partial charge in [0, 0.05) is 12.7 Å². The van der Waals surface area contributed by atoms with Crippen molar-refractivity contribution in [3.05, 3.63) is 24.3 Å². The van der Waals surface area contributed by atoms with Crippen molar-refractivity contribution in [2.45, 2.75) is 13.8 Å². The van der Waals surface area contributed by atoms with E-state index in [0.29, 0.717) is 11.4 Å². The molecule has 0 saturated carbocycles. The monoisotopic (exact) mass is 265 g/mol. The zero-order valence-electron chi connectivity index (χ0n) is 11.9. The van der Waals surface area contributed by atoms with Crippen LogP contribution in [0.2, 0.25) is 0 Å². The quantitative estimate of drug-likeness (QED) is 0.616. The summed E-state index contributed by atoms with van der Waals surface area (Å²) in [4.78, 5) is 25.4. The molecule has 0 aliphatic heterocycles. The molecule has 0 N–H and O–H groups in total. The molecule has 0 heterocycles. The molecule has 5 heteroatoms. The molecular weight excluding hydrogens is 246 g/mol. The number of carbonyl (C=O) groups excluding carboxylic acids is 2. The molecule has 0 aliphatic carbocycles. The summed E-state index contributed by atoms with van der Waals surface area (Å²) >= 11 is 0. The Morgan fingerprint density at radius 2 is 1.63 bits per heavy atom. The Hall–Kier alpha value is -2.04. The van der Waals surface area contributed by atoms with Gasteiger partial charge in [0.2, 0.25) is 5.91 Å². The van der Waals surface area contributed by atoms with E-state index in [1.807, 2.05) is 0 Å². The molecule has 0 aromatic heterocycles. The molecule has 5 nitrogen and oxygen atoms in total. The zero-order valence-corrected chi connectivity index (χ0v) is 11.9. The van der Waals surface area contributed by atoms with Crippen molar-refractivity contribution in [3.8, 4) is 5.75 Å². The highest BCUT2D eigenvalue weighted by molar-refractivity contribution is 6.09. The third-order valence-electron chi connectivity index (χ3n) is 2.99. The Morgan fingerprint density at radius 1 is 1.11 bits per heavy atom. The lowest BCUT2D eigenvalue weighted by atomic mass is 9.91. The highest BCUT2D eigenvalue weighted by Crippen LogP contribution is 2.25. The zero-order chi connectivity index (χ0) is 14.6. The Balaban J connectivity index is 2.95. The second-order valence-electron chi connectivity index (χ2n) is 4.68. The van der Waals surface area contributed by atoms with Crippen LogP contribution in [0.5, 0.6) is 5.75 Å². The summed E-state index contributed by atoms with van der Waals surface area (Å²) in [6.45, 7) is 3.09. The SMILES string of the molecule is COC(=O)C(C)(C)C(=O)N(C)c1ccc(OC)cc1.